The maximum Gasteiger partial charge on any atom is 0.225 e. The molecule has 1 saturated heterocycles. The van der Waals surface area contributed by atoms with E-state index in [9.17, 15) is 0 Å². The monoisotopic (exact) mass is 433 g/mol. The normalized spacial score (nSPS) is 15.6. The lowest BCUT2D eigenvalue weighted by molar-refractivity contribution is 0.377. The highest BCUT2D eigenvalue weighted by molar-refractivity contribution is 6.42. The third-order valence-electron chi connectivity index (χ3n) is 4.77. The van der Waals surface area contributed by atoms with Crippen LogP contribution in [0.15, 0.2) is 24.4 Å². The fourth-order valence-corrected chi connectivity index (χ4v) is 3.79. The van der Waals surface area contributed by atoms with E-state index in [4.69, 9.17) is 33.2 Å². The number of aromatic nitrogens is 4. The summed E-state index contributed by atoms with van der Waals surface area (Å²) in [6.45, 7) is 8.19. The third-order valence-corrected chi connectivity index (χ3v) is 5.51. The van der Waals surface area contributed by atoms with Crippen LogP contribution in [-0.2, 0) is 0 Å². The molecule has 1 aliphatic heterocycles. The molecule has 1 aliphatic rings. The van der Waals surface area contributed by atoms with Crippen LogP contribution >= 0.6 is 23.2 Å². The molecule has 3 N–H and O–H groups in total. The zero-order chi connectivity index (χ0) is 20.6. The van der Waals surface area contributed by atoms with Gasteiger partial charge in [0.2, 0.25) is 11.9 Å². The van der Waals surface area contributed by atoms with Gasteiger partial charge in [-0.15, -0.1) is 0 Å². The average molecular weight is 434 g/mol. The number of nitrogens with zero attached hydrogens (tertiary/aromatic N) is 4. The molecule has 154 valence electrons. The smallest absolute Gasteiger partial charge is 0.225 e. The van der Waals surface area contributed by atoms with Gasteiger partial charge in [-0.25, -0.2) is 9.97 Å². The van der Waals surface area contributed by atoms with Gasteiger partial charge in [-0.05, 0) is 64.9 Å². The Kier molecular flexibility index (Phi) is 5.55. The van der Waals surface area contributed by atoms with E-state index in [0.717, 1.165) is 48.7 Å². The van der Waals surface area contributed by atoms with Crippen LogP contribution in [-0.4, -0.2) is 38.1 Å². The SMILES string of the molecule is CC(C)(C)Nc1ncc2nc(Nc3ccc(Cl)c(Cl)c3)n(C3CCNCC3)c2n1. The zero-order valence-electron chi connectivity index (χ0n) is 16.8. The van der Waals surface area contributed by atoms with Gasteiger partial charge in [-0.2, -0.15) is 4.98 Å². The molecule has 0 amide bonds. The van der Waals surface area contributed by atoms with E-state index < -0.39 is 0 Å². The summed E-state index contributed by atoms with van der Waals surface area (Å²) >= 11 is 12.2. The fraction of sp³-hybridized carbons (Fsp3) is 0.450. The van der Waals surface area contributed by atoms with Crippen molar-refractivity contribution in [2.45, 2.75) is 45.2 Å². The van der Waals surface area contributed by atoms with Gasteiger partial charge in [-0.3, -0.25) is 4.57 Å². The van der Waals surface area contributed by atoms with Crippen LogP contribution in [0.3, 0.4) is 0 Å². The number of halogens is 2. The summed E-state index contributed by atoms with van der Waals surface area (Å²) in [5.74, 6) is 1.33. The van der Waals surface area contributed by atoms with Gasteiger partial charge in [0, 0.05) is 17.3 Å². The molecule has 0 aliphatic carbocycles. The molecule has 0 spiro atoms. The molecule has 1 aromatic carbocycles. The second-order valence-corrected chi connectivity index (χ2v) is 9.13. The van der Waals surface area contributed by atoms with Crippen molar-refractivity contribution in [3.63, 3.8) is 0 Å². The number of rotatable bonds is 4. The minimum absolute atomic E-state index is 0.131. The van der Waals surface area contributed by atoms with Crippen molar-refractivity contribution in [1.82, 2.24) is 24.8 Å². The predicted molar refractivity (Wildman–Crippen MR) is 120 cm³/mol. The molecule has 0 atom stereocenters. The van der Waals surface area contributed by atoms with E-state index >= 15 is 0 Å². The van der Waals surface area contributed by atoms with Gasteiger partial charge >= 0.3 is 0 Å². The van der Waals surface area contributed by atoms with Crippen molar-refractivity contribution in [3.8, 4) is 0 Å². The molecule has 0 unspecified atom stereocenters. The Morgan fingerprint density at radius 3 is 2.55 bits per heavy atom. The van der Waals surface area contributed by atoms with Gasteiger partial charge in [0.25, 0.3) is 0 Å². The molecule has 3 heterocycles. The predicted octanol–water partition coefficient (Wildman–Crippen LogP) is 5.01. The first-order valence-electron chi connectivity index (χ1n) is 9.76. The quantitative estimate of drug-likeness (QED) is 0.536. The summed E-state index contributed by atoms with van der Waals surface area (Å²) in [5, 5.41) is 11.2. The first kappa shape index (κ1) is 20.2. The summed E-state index contributed by atoms with van der Waals surface area (Å²) in [4.78, 5) is 14.0. The molecule has 0 saturated carbocycles. The molecule has 0 radical (unpaired) electrons. The number of benzene rings is 1. The second kappa shape index (κ2) is 7.97. The number of imidazole rings is 1. The summed E-state index contributed by atoms with van der Waals surface area (Å²) < 4.78 is 2.19. The molecule has 3 aromatic rings. The molecule has 1 fully saturated rings. The van der Waals surface area contributed by atoms with Crippen LogP contribution in [0.1, 0.15) is 39.7 Å². The molecular formula is C20H25Cl2N7. The number of piperidine rings is 1. The van der Waals surface area contributed by atoms with E-state index in [1.54, 1.807) is 18.3 Å². The summed E-state index contributed by atoms with van der Waals surface area (Å²) in [6, 6.07) is 5.76. The van der Waals surface area contributed by atoms with E-state index in [1.165, 1.54) is 0 Å². The standard InChI is InChI=1S/C20H25Cl2N7/c1-20(2,3)28-18-24-11-16-17(27-18)29(13-6-8-23-9-7-13)19(26-16)25-12-4-5-14(21)15(22)10-12/h4-5,10-11,13,23H,6-9H2,1-3H3,(H,25,26)(H,24,27,28). The topological polar surface area (TPSA) is 79.7 Å². The minimum atomic E-state index is -0.131. The first-order valence-corrected chi connectivity index (χ1v) is 10.5. The minimum Gasteiger partial charge on any atom is -0.350 e. The van der Waals surface area contributed by atoms with E-state index in [1.807, 2.05) is 6.07 Å². The summed E-state index contributed by atoms with van der Waals surface area (Å²) in [6.07, 6.45) is 3.79. The highest BCUT2D eigenvalue weighted by atomic mass is 35.5. The Morgan fingerprint density at radius 2 is 1.86 bits per heavy atom. The maximum atomic E-state index is 6.19. The number of hydrogen-bond acceptors (Lipinski definition) is 6. The first-order chi connectivity index (χ1) is 13.8. The summed E-state index contributed by atoms with van der Waals surface area (Å²) in [7, 11) is 0. The van der Waals surface area contributed by atoms with Crippen molar-refractivity contribution >= 4 is 51.9 Å². The molecule has 7 nitrogen and oxygen atoms in total. The molecule has 29 heavy (non-hydrogen) atoms. The van der Waals surface area contributed by atoms with Crippen LogP contribution in [0.4, 0.5) is 17.6 Å². The lowest BCUT2D eigenvalue weighted by Gasteiger charge is -2.26. The lowest BCUT2D eigenvalue weighted by atomic mass is 10.1. The Labute approximate surface area is 180 Å². The molecule has 2 aromatic heterocycles. The van der Waals surface area contributed by atoms with Crippen LogP contribution in [0, 0.1) is 0 Å². The van der Waals surface area contributed by atoms with Crippen molar-refractivity contribution in [3.05, 3.63) is 34.4 Å². The number of nitrogens with one attached hydrogen (secondary N) is 3. The van der Waals surface area contributed by atoms with E-state index in [2.05, 4.69) is 46.3 Å². The Bertz CT molecular complexity index is 1020. The number of anilines is 3. The van der Waals surface area contributed by atoms with Gasteiger partial charge in [0.1, 0.15) is 5.52 Å². The number of hydrogen-bond donors (Lipinski definition) is 3. The third kappa shape index (κ3) is 4.57. The Balaban J connectivity index is 1.78. The zero-order valence-corrected chi connectivity index (χ0v) is 18.3. The van der Waals surface area contributed by atoms with Crippen LogP contribution < -0.4 is 16.0 Å². The van der Waals surface area contributed by atoms with Gasteiger partial charge in [0.15, 0.2) is 5.65 Å². The second-order valence-electron chi connectivity index (χ2n) is 8.32. The fourth-order valence-electron chi connectivity index (χ4n) is 3.49. The van der Waals surface area contributed by atoms with E-state index in [0.29, 0.717) is 22.0 Å². The van der Waals surface area contributed by atoms with E-state index in [-0.39, 0.29) is 5.54 Å². The molecule has 9 heteroatoms. The summed E-state index contributed by atoms with van der Waals surface area (Å²) in [5.41, 5.74) is 2.27. The number of fused-ring (bicyclic) bond motifs is 1. The molecule has 4 rings (SSSR count). The van der Waals surface area contributed by atoms with Crippen LogP contribution in [0.2, 0.25) is 10.0 Å². The highest BCUT2D eigenvalue weighted by Gasteiger charge is 2.23. The average Bonchev–Trinajstić information content (AvgIpc) is 3.01. The van der Waals surface area contributed by atoms with Crippen molar-refractivity contribution in [1.29, 1.82) is 0 Å². The molecular weight excluding hydrogens is 409 g/mol. The van der Waals surface area contributed by atoms with Gasteiger partial charge in [-0.1, -0.05) is 23.2 Å². The Morgan fingerprint density at radius 1 is 1.10 bits per heavy atom. The lowest BCUT2D eigenvalue weighted by Crippen LogP contribution is -2.30. The van der Waals surface area contributed by atoms with Gasteiger partial charge in [0.05, 0.1) is 16.2 Å². The maximum absolute atomic E-state index is 6.19. The largest absolute Gasteiger partial charge is 0.350 e. The van der Waals surface area contributed by atoms with Crippen LogP contribution in [0.5, 0.6) is 0 Å². The highest BCUT2D eigenvalue weighted by Crippen LogP contribution is 2.32. The van der Waals surface area contributed by atoms with Crippen LogP contribution in [0.25, 0.3) is 11.2 Å². The van der Waals surface area contributed by atoms with Gasteiger partial charge < -0.3 is 16.0 Å². The Hall–Kier alpha value is -2.09. The van der Waals surface area contributed by atoms with Crippen molar-refractivity contribution < 1.29 is 0 Å². The van der Waals surface area contributed by atoms with Crippen molar-refractivity contribution in [2.24, 2.45) is 0 Å². The van der Waals surface area contributed by atoms with Crippen molar-refractivity contribution in [2.75, 3.05) is 23.7 Å². The molecule has 0 bridgehead atoms.